The Hall–Kier alpha value is -1.63. The molecule has 0 aromatic heterocycles. The Morgan fingerprint density at radius 1 is 1.18 bits per heavy atom. The number of carbonyl (C=O) groups excluding carboxylic acids is 2. The molecule has 28 heavy (non-hydrogen) atoms. The van der Waals surface area contributed by atoms with Gasteiger partial charge in [0, 0.05) is 6.04 Å². The number of fused-ring (bicyclic) bond motifs is 1. The molecular weight excluding hydrogens is 360 g/mol. The van der Waals surface area contributed by atoms with Crippen LogP contribution in [0.15, 0.2) is 0 Å². The van der Waals surface area contributed by atoms with Crippen LogP contribution in [0.25, 0.3) is 0 Å². The van der Waals surface area contributed by atoms with Crippen molar-refractivity contribution in [1.29, 1.82) is 0 Å². The molecule has 7 heteroatoms. The van der Waals surface area contributed by atoms with E-state index in [1.165, 1.54) is 0 Å². The van der Waals surface area contributed by atoms with Crippen LogP contribution < -0.4 is 5.32 Å². The molecule has 2 aliphatic rings. The lowest BCUT2D eigenvalue weighted by Gasteiger charge is -2.31. The van der Waals surface area contributed by atoms with E-state index >= 15 is 0 Å². The van der Waals surface area contributed by atoms with Crippen molar-refractivity contribution in [1.82, 2.24) is 10.2 Å². The Bertz CT molecular complexity index is 553. The first kappa shape index (κ1) is 22.7. The van der Waals surface area contributed by atoms with Crippen molar-refractivity contribution in [2.45, 2.75) is 103 Å². The highest BCUT2D eigenvalue weighted by Crippen LogP contribution is 2.41. The van der Waals surface area contributed by atoms with Gasteiger partial charge in [0.2, 0.25) is 5.91 Å². The molecule has 1 saturated heterocycles. The molecule has 0 aromatic carbocycles. The van der Waals surface area contributed by atoms with Crippen molar-refractivity contribution in [3.63, 3.8) is 0 Å². The highest BCUT2D eigenvalue weighted by atomic mass is 16.5. The lowest BCUT2D eigenvalue weighted by atomic mass is 10.0. The van der Waals surface area contributed by atoms with Crippen molar-refractivity contribution in [2.24, 2.45) is 5.92 Å². The van der Waals surface area contributed by atoms with Gasteiger partial charge in [-0.3, -0.25) is 14.9 Å². The zero-order valence-corrected chi connectivity index (χ0v) is 17.5. The van der Waals surface area contributed by atoms with Crippen LogP contribution in [0.5, 0.6) is 0 Å². The van der Waals surface area contributed by atoms with E-state index in [-0.39, 0.29) is 23.8 Å². The number of carbonyl (C=O) groups is 3. The summed E-state index contributed by atoms with van der Waals surface area (Å²) in [5, 5.41) is 12.7. The molecule has 0 radical (unpaired) electrons. The number of rotatable bonds is 11. The fourth-order valence-corrected chi connectivity index (χ4v) is 4.71. The first-order chi connectivity index (χ1) is 13.4. The normalized spacial score (nSPS) is 26.0. The summed E-state index contributed by atoms with van der Waals surface area (Å²) in [6.45, 7) is 5.92. The number of carboxylic acids is 1. The van der Waals surface area contributed by atoms with Crippen LogP contribution in [0.4, 0.5) is 0 Å². The Kier molecular flexibility index (Phi) is 8.73. The average Bonchev–Trinajstić information content (AvgIpc) is 3.24. The number of hydrogen-bond donors (Lipinski definition) is 2. The highest BCUT2D eigenvalue weighted by Gasteiger charge is 2.49. The fraction of sp³-hybridized carbons (Fsp3) is 0.857. The van der Waals surface area contributed by atoms with Crippen LogP contribution in [0.1, 0.15) is 78.6 Å². The SMILES string of the molecule is CCCCCCC(N[C@@H](C)C(=O)N1[C@H](C(=O)O)C[C@@H]2CCC[C@@H]21)C(=O)OCC. The maximum Gasteiger partial charge on any atom is 0.326 e. The topological polar surface area (TPSA) is 95.9 Å². The van der Waals surface area contributed by atoms with Crippen LogP contribution in [0, 0.1) is 5.92 Å². The summed E-state index contributed by atoms with van der Waals surface area (Å²) in [7, 11) is 0. The number of amides is 1. The van der Waals surface area contributed by atoms with Gasteiger partial charge in [-0.15, -0.1) is 0 Å². The molecule has 0 spiro atoms. The van der Waals surface area contributed by atoms with E-state index in [1.54, 1.807) is 18.7 Å². The van der Waals surface area contributed by atoms with Gasteiger partial charge in [-0.05, 0) is 45.4 Å². The zero-order valence-electron chi connectivity index (χ0n) is 17.5. The molecule has 1 aliphatic heterocycles. The molecule has 160 valence electrons. The molecule has 7 nitrogen and oxygen atoms in total. The summed E-state index contributed by atoms with van der Waals surface area (Å²) in [5.41, 5.74) is 0. The van der Waals surface area contributed by atoms with Gasteiger partial charge >= 0.3 is 11.9 Å². The van der Waals surface area contributed by atoms with E-state index < -0.39 is 24.1 Å². The minimum absolute atomic E-state index is 0.0171. The van der Waals surface area contributed by atoms with Crippen LogP contribution in [-0.4, -0.2) is 58.6 Å². The molecule has 2 N–H and O–H groups in total. The third-order valence-electron chi connectivity index (χ3n) is 6.12. The van der Waals surface area contributed by atoms with Gasteiger partial charge in [0.05, 0.1) is 12.6 Å². The summed E-state index contributed by atoms with van der Waals surface area (Å²) in [6, 6.07) is -1.90. The van der Waals surface area contributed by atoms with E-state index in [4.69, 9.17) is 4.74 Å². The van der Waals surface area contributed by atoms with E-state index in [2.05, 4.69) is 12.2 Å². The number of ether oxygens (including phenoxy) is 1. The first-order valence-electron chi connectivity index (χ1n) is 10.9. The Labute approximate surface area is 168 Å². The molecule has 2 fully saturated rings. The molecule has 1 heterocycles. The molecule has 0 aromatic rings. The molecule has 1 unspecified atom stereocenters. The smallest absolute Gasteiger partial charge is 0.326 e. The lowest BCUT2D eigenvalue weighted by molar-refractivity contribution is -0.151. The third-order valence-corrected chi connectivity index (χ3v) is 6.12. The van der Waals surface area contributed by atoms with Gasteiger partial charge in [0.25, 0.3) is 0 Å². The van der Waals surface area contributed by atoms with Crippen molar-refractivity contribution < 1.29 is 24.2 Å². The van der Waals surface area contributed by atoms with E-state index in [0.29, 0.717) is 19.4 Å². The summed E-state index contributed by atoms with van der Waals surface area (Å²) in [4.78, 5) is 38.8. The number of esters is 1. The highest BCUT2D eigenvalue weighted by molar-refractivity contribution is 5.88. The summed E-state index contributed by atoms with van der Waals surface area (Å²) < 4.78 is 5.18. The van der Waals surface area contributed by atoms with Gasteiger partial charge in [-0.25, -0.2) is 4.79 Å². The van der Waals surface area contributed by atoms with Crippen molar-refractivity contribution in [3.8, 4) is 0 Å². The van der Waals surface area contributed by atoms with Crippen LogP contribution in [0.3, 0.4) is 0 Å². The maximum atomic E-state index is 13.1. The number of carboxylic acid groups (broad SMARTS) is 1. The van der Waals surface area contributed by atoms with Crippen molar-refractivity contribution in [3.05, 3.63) is 0 Å². The fourth-order valence-electron chi connectivity index (χ4n) is 4.71. The van der Waals surface area contributed by atoms with Gasteiger partial charge in [0.1, 0.15) is 12.1 Å². The molecule has 2 rings (SSSR count). The van der Waals surface area contributed by atoms with Crippen LogP contribution in [-0.2, 0) is 19.1 Å². The second kappa shape index (κ2) is 10.8. The second-order valence-corrected chi connectivity index (χ2v) is 8.14. The van der Waals surface area contributed by atoms with E-state index in [1.807, 2.05) is 0 Å². The maximum absolute atomic E-state index is 13.1. The molecule has 1 aliphatic carbocycles. The standard InChI is InChI=1S/C21H36N2O5/c1-4-6-7-8-11-16(21(27)28-5-2)22-14(3)19(24)23-17-12-9-10-15(17)13-18(23)20(25)26/h14-18,22H,4-13H2,1-3H3,(H,25,26)/t14-,15-,16?,17-,18-/m0/s1. The monoisotopic (exact) mass is 396 g/mol. The number of nitrogens with zero attached hydrogens (tertiary/aromatic N) is 1. The summed E-state index contributed by atoms with van der Waals surface area (Å²) >= 11 is 0. The summed E-state index contributed by atoms with van der Waals surface area (Å²) in [6.07, 6.45) is 8.19. The molecule has 0 bridgehead atoms. The minimum atomic E-state index is -0.934. The minimum Gasteiger partial charge on any atom is -0.480 e. The molecule has 1 saturated carbocycles. The number of likely N-dealkylation sites (tertiary alicyclic amines) is 1. The van der Waals surface area contributed by atoms with E-state index in [0.717, 1.165) is 44.9 Å². The predicted molar refractivity (Wildman–Crippen MR) is 106 cm³/mol. The molecule has 1 amide bonds. The molecular formula is C21H36N2O5. The van der Waals surface area contributed by atoms with Crippen molar-refractivity contribution >= 4 is 17.8 Å². The van der Waals surface area contributed by atoms with Gasteiger partial charge in [-0.2, -0.15) is 0 Å². The third kappa shape index (κ3) is 5.46. The van der Waals surface area contributed by atoms with E-state index in [9.17, 15) is 19.5 Å². The van der Waals surface area contributed by atoms with Gasteiger partial charge in [0.15, 0.2) is 0 Å². The number of aliphatic carboxylic acids is 1. The Balaban J connectivity index is 2.03. The van der Waals surface area contributed by atoms with Gasteiger partial charge < -0.3 is 14.7 Å². The second-order valence-electron chi connectivity index (χ2n) is 8.14. The van der Waals surface area contributed by atoms with Crippen LogP contribution >= 0.6 is 0 Å². The Morgan fingerprint density at radius 2 is 1.93 bits per heavy atom. The Morgan fingerprint density at radius 3 is 2.57 bits per heavy atom. The number of unbranched alkanes of at least 4 members (excludes halogenated alkanes) is 3. The predicted octanol–water partition coefficient (Wildman–Crippen LogP) is 2.72. The first-order valence-corrected chi connectivity index (χ1v) is 10.9. The molecule has 5 atom stereocenters. The van der Waals surface area contributed by atoms with Gasteiger partial charge in [-0.1, -0.05) is 39.0 Å². The number of nitrogens with one attached hydrogen (secondary N) is 1. The lowest BCUT2D eigenvalue weighted by Crippen LogP contribution is -2.55. The average molecular weight is 397 g/mol. The summed E-state index contributed by atoms with van der Waals surface area (Å²) in [5.74, 6) is -1.21. The quantitative estimate of drug-likeness (QED) is 0.412. The van der Waals surface area contributed by atoms with Crippen molar-refractivity contribution in [2.75, 3.05) is 6.61 Å². The number of hydrogen-bond acceptors (Lipinski definition) is 5. The zero-order chi connectivity index (χ0) is 20.7. The largest absolute Gasteiger partial charge is 0.480 e. The van der Waals surface area contributed by atoms with Crippen LogP contribution in [0.2, 0.25) is 0 Å².